The molecule has 1 aromatic heterocycles. The van der Waals surface area contributed by atoms with E-state index < -0.39 is 10.0 Å². The lowest BCUT2D eigenvalue weighted by molar-refractivity contribution is 0.601. The van der Waals surface area contributed by atoms with Gasteiger partial charge in [-0.1, -0.05) is 12.1 Å². The Labute approximate surface area is 137 Å². The molecule has 0 saturated heterocycles. The summed E-state index contributed by atoms with van der Waals surface area (Å²) in [5.41, 5.74) is 2.07. The predicted molar refractivity (Wildman–Crippen MR) is 88.3 cm³/mol. The normalized spacial score (nSPS) is 11.4. The fourth-order valence-electron chi connectivity index (χ4n) is 1.79. The maximum Gasteiger partial charge on any atom is 0.261 e. The molecule has 0 fully saturated rings. The number of hydrogen-bond acceptors (Lipinski definition) is 3. The van der Waals surface area contributed by atoms with Crippen molar-refractivity contribution in [2.24, 2.45) is 0 Å². The Hall–Kier alpha value is -1.11. The fourth-order valence-corrected chi connectivity index (χ4v) is 3.52. The third-order valence-electron chi connectivity index (χ3n) is 2.91. The van der Waals surface area contributed by atoms with Crippen LogP contribution in [0.25, 0.3) is 0 Å². The van der Waals surface area contributed by atoms with E-state index in [2.05, 4.69) is 25.6 Å². The van der Waals surface area contributed by atoms with Crippen LogP contribution in [-0.4, -0.2) is 19.3 Å². The summed E-state index contributed by atoms with van der Waals surface area (Å²) in [5, 5.41) is 0. The lowest BCUT2D eigenvalue weighted by Gasteiger charge is -2.10. The summed E-state index contributed by atoms with van der Waals surface area (Å²) in [6.45, 7) is 1.74. The lowest BCUT2D eigenvalue weighted by atomic mass is 10.2. The molecule has 0 amide bonds. The third-order valence-corrected chi connectivity index (χ3v) is 4.93. The molecule has 0 unspecified atom stereocenters. The minimum Gasteiger partial charge on any atom is -0.278 e. The van der Waals surface area contributed by atoms with Gasteiger partial charge in [0.1, 0.15) is 4.60 Å². The SMILES string of the molecule is Cc1nc(Br)ccc1NS(=O)(=O)c1ccc(CCCl)cc1. The Balaban J connectivity index is 2.25. The molecule has 0 spiro atoms. The molecule has 0 atom stereocenters. The number of alkyl halides is 1. The topological polar surface area (TPSA) is 59.1 Å². The smallest absolute Gasteiger partial charge is 0.261 e. The van der Waals surface area contributed by atoms with Crippen LogP contribution < -0.4 is 4.72 Å². The number of benzene rings is 1. The zero-order chi connectivity index (χ0) is 15.5. The monoisotopic (exact) mass is 388 g/mol. The van der Waals surface area contributed by atoms with Gasteiger partial charge in [-0.3, -0.25) is 4.72 Å². The van der Waals surface area contributed by atoms with Gasteiger partial charge in [-0.2, -0.15) is 0 Å². The van der Waals surface area contributed by atoms with Crippen LogP contribution in [0.2, 0.25) is 0 Å². The van der Waals surface area contributed by atoms with Crippen LogP contribution in [0.4, 0.5) is 5.69 Å². The van der Waals surface area contributed by atoms with E-state index >= 15 is 0 Å². The quantitative estimate of drug-likeness (QED) is 0.626. The van der Waals surface area contributed by atoms with Crippen LogP contribution in [0.15, 0.2) is 45.9 Å². The summed E-state index contributed by atoms with van der Waals surface area (Å²) >= 11 is 8.91. The summed E-state index contributed by atoms with van der Waals surface area (Å²) in [6.07, 6.45) is 0.713. The number of pyridine rings is 1. The van der Waals surface area contributed by atoms with Crippen molar-refractivity contribution in [3.05, 3.63) is 52.3 Å². The largest absolute Gasteiger partial charge is 0.278 e. The number of rotatable bonds is 5. The predicted octanol–water partition coefficient (Wildman–Crippen LogP) is 3.73. The second kappa shape index (κ2) is 6.77. The van der Waals surface area contributed by atoms with Crippen molar-refractivity contribution < 1.29 is 8.42 Å². The second-order valence-electron chi connectivity index (χ2n) is 4.46. The summed E-state index contributed by atoms with van der Waals surface area (Å²) < 4.78 is 27.9. The number of aryl methyl sites for hydroxylation is 2. The zero-order valence-corrected chi connectivity index (χ0v) is 14.5. The van der Waals surface area contributed by atoms with Crippen LogP contribution in [0, 0.1) is 6.92 Å². The van der Waals surface area contributed by atoms with Crippen molar-refractivity contribution in [3.8, 4) is 0 Å². The summed E-state index contributed by atoms with van der Waals surface area (Å²) in [7, 11) is -3.62. The number of nitrogens with zero attached hydrogens (tertiary/aromatic N) is 1. The first-order valence-corrected chi connectivity index (χ1v) is 9.04. The van der Waals surface area contributed by atoms with Crippen LogP contribution in [-0.2, 0) is 16.4 Å². The fraction of sp³-hybridized carbons (Fsp3) is 0.214. The molecule has 1 aromatic carbocycles. The lowest BCUT2D eigenvalue weighted by Crippen LogP contribution is -2.14. The van der Waals surface area contributed by atoms with Gasteiger partial charge >= 0.3 is 0 Å². The van der Waals surface area contributed by atoms with Crippen LogP contribution in [0.1, 0.15) is 11.3 Å². The van der Waals surface area contributed by atoms with Gasteiger partial charge in [0.05, 0.1) is 16.3 Å². The molecular weight excluding hydrogens is 376 g/mol. The maximum absolute atomic E-state index is 12.3. The molecule has 1 heterocycles. The average molecular weight is 390 g/mol. The molecule has 2 rings (SSSR count). The highest BCUT2D eigenvalue weighted by Gasteiger charge is 2.15. The van der Waals surface area contributed by atoms with E-state index in [1.54, 1.807) is 43.3 Å². The van der Waals surface area contributed by atoms with Crippen LogP contribution in [0.5, 0.6) is 0 Å². The molecule has 0 radical (unpaired) electrons. The average Bonchev–Trinajstić information content (AvgIpc) is 2.43. The Morgan fingerprint density at radius 2 is 1.86 bits per heavy atom. The van der Waals surface area contributed by atoms with Gasteiger partial charge < -0.3 is 0 Å². The van der Waals surface area contributed by atoms with E-state index in [0.717, 1.165) is 5.56 Å². The number of anilines is 1. The summed E-state index contributed by atoms with van der Waals surface area (Å²) in [5.74, 6) is 0.508. The highest BCUT2D eigenvalue weighted by molar-refractivity contribution is 9.10. The second-order valence-corrected chi connectivity index (χ2v) is 7.33. The molecule has 21 heavy (non-hydrogen) atoms. The highest BCUT2D eigenvalue weighted by Crippen LogP contribution is 2.20. The molecule has 7 heteroatoms. The zero-order valence-electron chi connectivity index (χ0n) is 11.3. The van der Waals surface area contributed by atoms with Crippen LogP contribution >= 0.6 is 27.5 Å². The standard InChI is InChI=1S/C14H14BrClN2O2S/c1-10-13(6-7-14(15)17-10)18-21(19,20)12-4-2-11(3-5-12)8-9-16/h2-7,18H,8-9H2,1H3. The Morgan fingerprint density at radius 1 is 1.19 bits per heavy atom. The van der Waals surface area contributed by atoms with E-state index in [4.69, 9.17) is 11.6 Å². The molecule has 2 aromatic rings. The van der Waals surface area contributed by atoms with Gasteiger partial charge in [-0.15, -0.1) is 11.6 Å². The molecule has 4 nitrogen and oxygen atoms in total. The van der Waals surface area contributed by atoms with Gasteiger partial charge in [0.2, 0.25) is 0 Å². The van der Waals surface area contributed by atoms with Crippen molar-refractivity contribution in [1.29, 1.82) is 0 Å². The van der Waals surface area contributed by atoms with Crippen molar-refractivity contribution >= 4 is 43.2 Å². The van der Waals surface area contributed by atoms with Crippen molar-refractivity contribution in [2.45, 2.75) is 18.2 Å². The van der Waals surface area contributed by atoms with E-state index in [0.29, 0.717) is 28.3 Å². The van der Waals surface area contributed by atoms with Crippen molar-refractivity contribution in [1.82, 2.24) is 4.98 Å². The number of nitrogens with one attached hydrogen (secondary N) is 1. The van der Waals surface area contributed by atoms with E-state index in [-0.39, 0.29) is 4.90 Å². The number of sulfonamides is 1. The van der Waals surface area contributed by atoms with E-state index in [1.165, 1.54) is 0 Å². The highest BCUT2D eigenvalue weighted by atomic mass is 79.9. The first-order valence-electron chi connectivity index (χ1n) is 6.23. The first kappa shape index (κ1) is 16.3. The molecule has 0 aliphatic heterocycles. The van der Waals surface area contributed by atoms with E-state index in [9.17, 15) is 8.42 Å². The third kappa shape index (κ3) is 4.18. The van der Waals surface area contributed by atoms with Gasteiger partial charge in [0.25, 0.3) is 10.0 Å². The van der Waals surface area contributed by atoms with Gasteiger partial charge in [0.15, 0.2) is 0 Å². The number of aromatic nitrogens is 1. The number of halogens is 2. The number of hydrogen-bond donors (Lipinski definition) is 1. The first-order chi connectivity index (χ1) is 9.92. The van der Waals surface area contributed by atoms with Gasteiger partial charge in [-0.05, 0) is 59.1 Å². The Morgan fingerprint density at radius 3 is 2.43 bits per heavy atom. The molecule has 0 bridgehead atoms. The minimum atomic E-state index is -3.62. The Kier molecular flexibility index (Phi) is 5.24. The van der Waals surface area contributed by atoms with Gasteiger partial charge in [-0.25, -0.2) is 13.4 Å². The van der Waals surface area contributed by atoms with E-state index in [1.807, 2.05) is 0 Å². The molecule has 112 valence electrons. The maximum atomic E-state index is 12.3. The molecule has 0 aliphatic rings. The molecule has 1 N–H and O–H groups in total. The van der Waals surface area contributed by atoms with Crippen molar-refractivity contribution in [2.75, 3.05) is 10.6 Å². The van der Waals surface area contributed by atoms with Crippen LogP contribution in [0.3, 0.4) is 0 Å². The Bertz CT molecular complexity index is 733. The minimum absolute atomic E-state index is 0.211. The van der Waals surface area contributed by atoms with Gasteiger partial charge in [0, 0.05) is 5.88 Å². The molecule has 0 saturated carbocycles. The summed E-state index contributed by atoms with van der Waals surface area (Å²) in [4.78, 5) is 4.38. The van der Waals surface area contributed by atoms with Crippen molar-refractivity contribution in [3.63, 3.8) is 0 Å². The molecular formula is C14H14BrClN2O2S. The summed E-state index contributed by atoms with van der Waals surface area (Å²) in [6, 6.07) is 10.0. The molecule has 0 aliphatic carbocycles.